The number of nitrogens with zero attached hydrogens (tertiary/aromatic N) is 3. The van der Waals surface area contributed by atoms with Gasteiger partial charge in [-0.2, -0.15) is 5.26 Å². The van der Waals surface area contributed by atoms with Gasteiger partial charge in [-0.25, -0.2) is 19.7 Å². The Morgan fingerprint density at radius 1 is 0.875 bits per heavy atom. The third kappa shape index (κ3) is 11.4. The second-order valence-electron chi connectivity index (χ2n) is 13.6. The van der Waals surface area contributed by atoms with Gasteiger partial charge in [0.1, 0.15) is 11.6 Å². The van der Waals surface area contributed by atoms with Crippen molar-refractivity contribution in [2.24, 2.45) is 5.41 Å². The molecule has 0 saturated heterocycles. The van der Waals surface area contributed by atoms with Crippen LogP contribution < -0.4 is 10.7 Å². The quantitative estimate of drug-likeness (QED) is 0.149. The zero-order valence-electron chi connectivity index (χ0n) is 28.8. The summed E-state index contributed by atoms with van der Waals surface area (Å²) >= 11 is 0. The lowest BCUT2D eigenvalue weighted by Crippen LogP contribution is -2.58. The third-order valence-corrected chi connectivity index (χ3v) is 7.51. The van der Waals surface area contributed by atoms with Crippen LogP contribution in [-0.4, -0.2) is 64.7 Å². The summed E-state index contributed by atoms with van der Waals surface area (Å²) in [6.07, 6.45) is -0.642. The molecule has 0 heterocycles. The summed E-state index contributed by atoms with van der Waals surface area (Å²) in [6.45, 7) is 10.8. The number of nitrogens with one attached hydrogen (secondary N) is 2. The number of carbonyl (C=O) groups excluding carboxylic acids is 3. The second kappa shape index (κ2) is 16.8. The van der Waals surface area contributed by atoms with Crippen LogP contribution in [0.5, 0.6) is 0 Å². The van der Waals surface area contributed by atoms with Crippen molar-refractivity contribution in [3.63, 3.8) is 0 Å². The average Bonchev–Trinajstić information content (AvgIpc) is 3.04. The monoisotopic (exact) mass is 657 g/mol. The summed E-state index contributed by atoms with van der Waals surface area (Å²) in [6, 6.07) is 24.9. The van der Waals surface area contributed by atoms with Crippen molar-refractivity contribution >= 4 is 18.1 Å². The number of benzene rings is 3. The molecule has 3 aromatic rings. The number of hydrogen-bond donors (Lipinski definition) is 3. The van der Waals surface area contributed by atoms with Gasteiger partial charge in [-0.15, -0.1) is 0 Å². The van der Waals surface area contributed by atoms with Crippen LogP contribution in [0.25, 0.3) is 11.1 Å². The summed E-state index contributed by atoms with van der Waals surface area (Å²) in [5, 5.41) is 25.9. The average molecular weight is 658 g/mol. The minimum Gasteiger partial charge on any atom is -0.453 e. The van der Waals surface area contributed by atoms with Crippen molar-refractivity contribution in [2.75, 3.05) is 13.7 Å². The molecule has 3 amide bonds. The SMILES string of the molecule is COC(=O)N[C@H](C(=O)N(O)[C@@H](CCc1ccccc1)CN(Cc1ccc(-c2ccccc2C#N)cc1)NC(=O)OC(C)(C)C)C(C)(C)C. The second-order valence-corrected chi connectivity index (χ2v) is 13.6. The van der Waals surface area contributed by atoms with Crippen molar-refractivity contribution in [1.29, 1.82) is 5.26 Å². The first-order chi connectivity index (χ1) is 22.6. The van der Waals surface area contributed by atoms with E-state index in [9.17, 15) is 24.9 Å². The number of amides is 3. The highest BCUT2D eigenvalue weighted by atomic mass is 16.6. The number of ether oxygens (including phenoxy) is 2. The molecule has 2 atom stereocenters. The molecule has 0 aliphatic heterocycles. The molecule has 256 valence electrons. The molecule has 3 aromatic carbocycles. The first kappa shape index (κ1) is 37.5. The van der Waals surface area contributed by atoms with Gasteiger partial charge in [0, 0.05) is 13.1 Å². The molecule has 0 fully saturated rings. The summed E-state index contributed by atoms with van der Waals surface area (Å²) in [4.78, 5) is 39.0. The Hall–Kier alpha value is -4.92. The Bertz CT molecular complexity index is 1560. The van der Waals surface area contributed by atoms with E-state index in [0.717, 1.165) is 22.3 Å². The summed E-state index contributed by atoms with van der Waals surface area (Å²) in [7, 11) is 1.20. The predicted molar refractivity (Wildman–Crippen MR) is 182 cm³/mol. The maximum Gasteiger partial charge on any atom is 0.422 e. The number of carbonyl (C=O) groups is 3. The van der Waals surface area contributed by atoms with E-state index in [1.165, 1.54) is 7.11 Å². The minimum atomic E-state index is -1.11. The molecule has 0 unspecified atom stereocenters. The van der Waals surface area contributed by atoms with Gasteiger partial charge in [0.25, 0.3) is 5.91 Å². The highest BCUT2D eigenvalue weighted by Gasteiger charge is 2.38. The van der Waals surface area contributed by atoms with Crippen LogP contribution in [0.4, 0.5) is 9.59 Å². The maximum absolute atomic E-state index is 13.8. The molecule has 0 aliphatic carbocycles. The summed E-state index contributed by atoms with van der Waals surface area (Å²) in [5.41, 5.74) is 5.32. The lowest BCUT2D eigenvalue weighted by Gasteiger charge is -2.37. The molecular formula is C37H47N5O6. The molecule has 0 spiro atoms. The first-order valence-corrected chi connectivity index (χ1v) is 15.8. The van der Waals surface area contributed by atoms with Gasteiger partial charge in [-0.1, -0.05) is 93.6 Å². The van der Waals surface area contributed by atoms with E-state index in [4.69, 9.17) is 9.47 Å². The van der Waals surface area contributed by atoms with E-state index < -0.39 is 41.2 Å². The molecular weight excluding hydrogens is 610 g/mol. The normalized spacial score (nSPS) is 12.8. The van der Waals surface area contributed by atoms with Gasteiger partial charge in [0.2, 0.25) is 0 Å². The molecule has 0 aliphatic rings. The molecule has 0 saturated carbocycles. The van der Waals surface area contributed by atoms with Crippen LogP contribution in [0, 0.1) is 16.7 Å². The standard InChI is InChI=1S/C37H47N5O6/c1-36(2,3)32(39-34(44)47-7)33(43)42(46)30(22-19-26-13-9-8-10-14-26)25-41(40-35(45)48-37(4,5)6)24-27-17-20-28(21-18-27)31-16-12-11-15-29(31)23-38/h8-18,20-21,30,32,46H,19,22,24-25H2,1-7H3,(H,39,44)(H,40,45)/t30-,32+/m0/s1. The zero-order chi connectivity index (χ0) is 35.5. The Morgan fingerprint density at radius 2 is 1.50 bits per heavy atom. The van der Waals surface area contributed by atoms with Gasteiger partial charge in [-0.3, -0.25) is 15.4 Å². The van der Waals surface area contributed by atoms with E-state index in [1.807, 2.05) is 72.8 Å². The van der Waals surface area contributed by atoms with Gasteiger partial charge < -0.3 is 14.8 Å². The van der Waals surface area contributed by atoms with Crippen molar-refractivity contribution < 1.29 is 29.1 Å². The fraction of sp³-hybridized carbons (Fsp3) is 0.405. The Balaban J connectivity index is 1.95. The van der Waals surface area contributed by atoms with Crippen molar-refractivity contribution in [3.8, 4) is 17.2 Å². The van der Waals surface area contributed by atoms with Gasteiger partial charge in [-0.05, 0) is 67.3 Å². The molecule has 3 rings (SSSR count). The van der Waals surface area contributed by atoms with E-state index in [0.29, 0.717) is 23.5 Å². The lowest BCUT2D eigenvalue weighted by molar-refractivity contribution is -0.183. The Kier molecular flexibility index (Phi) is 13.1. The topological polar surface area (TPSA) is 144 Å². The van der Waals surface area contributed by atoms with Gasteiger partial charge in [0.05, 0.1) is 24.8 Å². The number of rotatable bonds is 12. The van der Waals surface area contributed by atoms with Crippen LogP contribution in [0.3, 0.4) is 0 Å². The van der Waals surface area contributed by atoms with Gasteiger partial charge >= 0.3 is 12.2 Å². The Morgan fingerprint density at radius 3 is 2.08 bits per heavy atom. The largest absolute Gasteiger partial charge is 0.453 e. The maximum atomic E-state index is 13.8. The number of hydroxylamine groups is 2. The number of aryl methyl sites for hydroxylation is 1. The number of hydrazine groups is 1. The Labute approximate surface area is 283 Å². The van der Waals surface area contributed by atoms with Crippen LogP contribution in [-0.2, 0) is 27.2 Å². The minimum absolute atomic E-state index is 0.0163. The lowest BCUT2D eigenvalue weighted by atomic mass is 9.86. The van der Waals surface area contributed by atoms with E-state index in [2.05, 4.69) is 16.8 Å². The van der Waals surface area contributed by atoms with Crippen molar-refractivity contribution in [3.05, 3.63) is 95.6 Å². The zero-order valence-corrected chi connectivity index (χ0v) is 28.8. The van der Waals surface area contributed by atoms with Crippen molar-refractivity contribution in [1.82, 2.24) is 20.8 Å². The highest BCUT2D eigenvalue weighted by Crippen LogP contribution is 2.25. The van der Waals surface area contributed by atoms with E-state index >= 15 is 0 Å². The number of nitriles is 1. The molecule has 11 nitrogen and oxygen atoms in total. The fourth-order valence-corrected chi connectivity index (χ4v) is 5.08. The number of alkyl carbamates (subject to hydrolysis) is 1. The van der Waals surface area contributed by atoms with Crippen LogP contribution in [0.15, 0.2) is 78.9 Å². The highest BCUT2D eigenvalue weighted by molar-refractivity contribution is 5.86. The first-order valence-electron chi connectivity index (χ1n) is 15.8. The van der Waals surface area contributed by atoms with E-state index in [1.54, 1.807) is 52.6 Å². The molecule has 48 heavy (non-hydrogen) atoms. The molecule has 11 heteroatoms. The van der Waals surface area contributed by atoms with Crippen LogP contribution in [0.2, 0.25) is 0 Å². The smallest absolute Gasteiger partial charge is 0.422 e. The van der Waals surface area contributed by atoms with Crippen LogP contribution in [0.1, 0.15) is 64.7 Å². The van der Waals surface area contributed by atoms with Gasteiger partial charge in [0.15, 0.2) is 0 Å². The summed E-state index contributed by atoms with van der Waals surface area (Å²) in [5.74, 6) is -0.719. The number of hydrogen-bond acceptors (Lipinski definition) is 8. The third-order valence-electron chi connectivity index (χ3n) is 7.51. The molecule has 0 aromatic heterocycles. The van der Waals surface area contributed by atoms with Crippen LogP contribution >= 0.6 is 0 Å². The predicted octanol–water partition coefficient (Wildman–Crippen LogP) is 6.46. The van der Waals surface area contributed by atoms with Crippen molar-refractivity contribution in [2.45, 2.75) is 78.6 Å². The van der Waals surface area contributed by atoms with E-state index in [-0.39, 0.29) is 13.1 Å². The molecule has 3 N–H and O–H groups in total. The number of methoxy groups -OCH3 is 1. The summed E-state index contributed by atoms with van der Waals surface area (Å²) < 4.78 is 10.3. The fourth-order valence-electron chi connectivity index (χ4n) is 5.08. The molecule has 0 bridgehead atoms. The molecule has 0 radical (unpaired) electrons.